The molecule has 0 fully saturated rings. The second kappa shape index (κ2) is 8.09. The molecule has 0 aromatic heterocycles. The first-order chi connectivity index (χ1) is 9.19. The fraction of sp³-hybridized carbons (Fsp3) is 0.500. The highest BCUT2D eigenvalue weighted by Gasteiger charge is 2.13. The van der Waals surface area contributed by atoms with Gasteiger partial charge >= 0.3 is 0 Å². The van der Waals surface area contributed by atoms with Crippen molar-refractivity contribution in [2.45, 2.75) is 39.0 Å². The molecule has 102 valence electrons. The van der Waals surface area contributed by atoms with Crippen LogP contribution in [0.4, 0.5) is 11.4 Å². The molecular formula is C14H19N3O2. The van der Waals surface area contributed by atoms with E-state index in [0.29, 0.717) is 0 Å². The van der Waals surface area contributed by atoms with Gasteiger partial charge < -0.3 is 5.32 Å². The van der Waals surface area contributed by atoms with Gasteiger partial charge in [-0.1, -0.05) is 32.6 Å². The lowest BCUT2D eigenvalue weighted by molar-refractivity contribution is -0.385. The molecule has 5 heteroatoms. The average molecular weight is 261 g/mol. The van der Waals surface area contributed by atoms with Gasteiger partial charge in [0.15, 0.2) is 0 Å². The van der Waals surface area contributed by atoms with Crippen LogP contribution in [0.1, 0.15) is 44.6 Å². The third-order valence-corrected chi connectivity index (χ3v) is 2.92. The van der Waals surface area contributed by atoms with E-state index in [1.807, 2.05) is 6.07 Å². The van der Waals surface area contributed by atoms with E-state index in [1.165, 1.54) is 37.8 Å². The Morgan fingerprint density at radius 3 is 2.68 bits per heavy atom. The molecule has 0 spiro atoms. The van der Waals surface area contributed by atoms with Crippen molar-refractivity contribution < 1.29 is 4.92 Å². The highest BCUT2D eigenvalue weighted by atomic mass is 16.6. The summed E-state index contributed by atoms with van der Waals surface area (Å²) in [5.41, 5.74) is 0.717. The second-order valence-corrected chi connectivity index (χ2v) is 4.44. The maximum Gasteiger partial charge on any atom is 0.287 e. The number of nitro benzene ring substituents is 1. The summed E-state index contributed by atoms with van der Waals surface area (Å²) in [5.74, 6) is 0. The normalized spacial score (nSPS) is 9.89. The van der Waals surface area contributed by atoms with Crippen molar-refractivity contribution in [3.05, 3.63) is 33.9 Å². The molecule has 0 atom stereocenters. The van der Waals surface area contributed by atoms with Gasteiger partial charge in [-0.25, -0.2) is 0 Å². The first-order valence-corrected chi connectivity index (χ1v) is 6.61. The van der Waals surface area contributed by atoms with Crippen molar-refractivity contribution in [1.82, 2.24) is 0 Å². The van der Waals surface area contributed by atoms with Crippen LogP contribution < -0.4 is 5.32 Å². The molecule has 0 radical (unpaired) electrons. The zero-order valence-electron chi connectivity index (χ0n) is 11.2. The molecule has 1 N–H and O–H groups in total. The number of benzene rings is 1. The Bertz CT molecular complexity index is 466. The first-order valence-electron chi connectivity index (χ1n) is 6.61. The molecule has 1 rings (SSSR count). The van der Waals surface area contributed by atoms with Crippen LogP contribution in [-0.4, -0.2) is 11.5 Å². The monoisotopic (exact) mass is 261 g/mol. The number of nitrogens with zero attached hydrogens (tertiary/aromatic N) is 2. The zero-order valence-corrected chi connectivity index (χ0v) is 11.2. The first kappa shape index (κ1) is 15.0. The molecule has 0 aliphatic rings. The van der Waals surface area contributed by atoms with E-state index in [-0.39, 0.29) is 11.3 Å². The van der Waals surface area contributed by atoms with E-state index in [0.717, 1.165) is 18.7 Å². The third kappa shape index (κ3) is 4.96. The quantitative estimate of drug-likeness (QED) is 0.438. The van der Waals surface area contributed by atoms with Crippen molar-refractivity contribution in [1.29, 1.82) is 5.26 Å². The van der Waals surface area contributed by atoms with Crippen LogP contribution in [0.15, 0.2) is 18.2 Å². The van der Waals surface area contributed by atoms with Gasteiger partial charge in [0.2, 0.25) is 0 Å². The molecule has 1 aromatic carbocycles. The van der Waals surface area contributed by atoms with Gasteiger partial charge in [0.05, 0.1) is 4.92 Å². The van der Waals surface area contributed by atoms with Crippen LogP contribution >= 0.6 is 0 Å². The Hall–Kier alpha value is -2.09. The topological polar surface area (TPSA) is 79.0 Å². The van der Waals surface area contributed by atoms with E-state index in [9.17, 15) is 10.1 Å². The minimum atomic E-state index is -0.535. The number of rotatable bonds is 8. The van der Waals surface area contributed by atoms with E-state index >= 15 is 0 Å². The molecule has 0 heterocycles. The van der Waals surface area contributed by atoms with Gasteiger partial charge in [0.1, 0.15) is 11.6 Å². The number of hydrogen-bond acceptors (Lipinski definition) is 4. The summed E-state index contributed by atoms with van der Waals surface area (Å²) in [5, 5.41) is 22.8. The Morgan fingerprint density at radius 1 is 1.32 bits per heavy atom. The summed E-state index contributed by atoms with van der Waals surface area (Å²) in [6.07, 6.45) is 5.97. The summed E-state index contributed by atoms with van der Waals surface area (Å²) in [6.45, 7) is 3.00. The molecule has 0 aliphatic heterocycles. The maximum atomic E-state index is 10.7. The summed E-state index contributed by atoms with van der Waals surface area (Å²) in [4.78, 5) is 10.2. The molecular weight excluding hydrogens is 242 g/mol. The van der Waals surface area contributed by atoms with Gasteiger partial charge in [-0.15, -0.1) is 0 Å². The van der Waals surface area contributed by atoms with Gasteiger partial charge in [0.25, 0.3) is 5.69 Å². The van der Waals surface area contributed by atoms with Crippen LogP contribution in [0.3, 0.4) is 0 Å². The summed E-state index contributed by atoms with van der Waals surface area (Å²) in [6, 6.07) is 6.40. The van der Waals surface area contributed by atoms with Crippen molar-refractivity contribution in [3.8, 4) is 6.07 Å². The number of unbranched alkanes of at least 4 members (excludes halogenated alkanes) is 4. The molecule has 0 bridgehead atoms. The lowest BCUT2D eigenvalue weighted by atomic mass is 10.1. The SMILES string of the molecule is CCCCCCCNc1ccc([N+](=O)[O-])c(C#N)c1. The van der Waals surface area contributed by atoms with Gasteiger partial charge in [-0.05, 0) is 18.6 Å². The minimum Gasteiger partial charge on any atom is -0.385 e. The van der Waals surface area contributed by atoms with Crippen molar-refractivity contribution >= 4 is 11.4 Å². The zero-order chi connectivity index (χ0) is 14.1. The summed E-state index contributed by atoms with van der Waals surface area (Å²) >= 11 is 0. The fourth-order valence-electron chi connectivity index (χ4n) is 1.86. The Morgan fingerprint density at radius 2 is 2.05 bits per heavy atom. The number of nitriles is 1. The van der Waals surface area contributed by atoms with Crippen molar-refractivity contribution in [2.75, 3.05) is 11.9 Å². The number of nitrogens with one attached hydrogen (secondary N) is 1. The Labute approximate surface area is 113 Å². The minimum absolute atomic E-state index is 0.0981. The lowest BCUT2D eigenvalue weighted by Crippen LogP contribution is -2.02. The van der Waals surface area contributed by atoms with E-state index in [1.54, 1.807) is 6.07 Å². The predicted molar refractivity (Wildman–Crippen MR) is 75.1 cm³/mol. The molecule has 0 aliphatic carbocycles. The lowest BCUT2D eigenvalue weighted by Gasteiger charge is -2.06. The van der Waals surface area contributed by atoms with Crippen LogP contribution in [-0.2, 0) is 0 Å². The highest BCUT2D eigenvalue weighted by Crippen LogP contribution is 2.21. The van der Waals surface area contributed by atoms with Crippen LogP contribution in [0, 0.1) is 21.4 Å². The van der Waals surface area contributed by atoms with Crippen LogP contribution in [0.25, 0.3) is 0 Å². The standard InChI is InChI=1S/C14H19N3O2/c1-2-3-4-5-6-9-16-13-7-8-14(17(18)19)12(10-13)11-15/h7-8,10,16H,2-6,9H2,1H3. The number of nitro groups is 1. The Kier molecular flexibility index (Phi) is 6.37. The molecule has 0 saturated carbocycles. The van der Waals surface area contributed by atoms with Crippen LogP contribution in [0.5, 0.6) is 0 Å². The van der Waals surface area contributed by atoms with E-state index in [2.05, 4.69) is 12.2 Å². The molecule has 1 aromatic rings. The average Bonchev–Trinajstić information content (AvgIpc) is 2.42. The molecule has 5 nitrogen and oxygen atoms in total. The highest BCUT2D eigenvalue weighted by molar-refractivity contribution is 5.58. The van der Waals surface area contributed by atoms with Gasteiger partial charge in [0, 0.05) is 18.3 Å². The number of anilines is 1. The van der Waals surface area contributed by atoms with E-state index < -0.39 is 4.92 Å². The smallest absolute Gasteiger partial charge is 0.287 e. The van der Waals surface area contributed by atoms with Gasteiger partial charge in [-0.3, -0.25) is 10.1 Å². The van der Waals surface area contributed by atoms with Gasteiger partial charge in [-0.2, -0.15) is 5.26 Å². The molecule has 0 saturated heterocycles. The van der Waals surface area contributed by atoms with E-state index in [4.69, 9.17) is 5.26 Å². The predicted octanol–water partition coefficient (Wildman–Crippen LogP) is 3.85. The number of hydrogen-bond donors (Lipinski definition) is 1. The van der Waals surface area contributed by atoms with Crippen molar-refractivity contribution in [2.24, 2.45) is 0 Å². The van der Waals surface area contributed by atoms with Crippen molar-refractivity contribution in [3.63, 3.8) is 0 Å². The summed E-state index contributed by atoms with van der Waals surface area (Å²) < 4.78 is 0. The molecule has 19 heavy (non-hydrogen) atoms. The fourth-order valence-corrected chi connectivity index (χ4v) is 1.86. The molecule has 0 amide bonds. The Balaban J connectivity index is 2.47. The van der Waals surface area contributed by atoms with Crippen LogP contribution in [0.2, 0.25) is 0 Å². The second-order valence-electron chi connectivity index (χ2n) is 4.44. The third-order valence-electron chi connectivity index (χ3n) is 2.92. The maximum absolute atomic E-state index is 10.7. The largest absolute Gasteiger partial charge is 0.385 e. The molecule has 0 unspecified atom stereocenters. The summed E-state index contributed by atoms with van der Waals surface area (Å²) in [7, 11) is 0.